The Morgan fingerprint density at radius 1 is 1.23 bits per heavy atom. The molecule has 1 aliphatic carbocycles. The molecule has 0 saturated heterocycles. The zero-order valence-electron chi connectivity index (χ0n) is 22.0. The van der Waals surface area contributed by atoms with Crippen molar-refractivity contribution in [2.75, 3.05) is 6.54 Å². The molecule has 0 atom stereocenters. The van der Waals surface area contributed by atoms with Crippen LogP contribution in [0.4, 0.5) is 4.39 Å². The number of rotatable bonds is 7. The minimum atomic E-state index is -0.980. The molecule has 0 unspecified atom stereocenters. The molecule has 1 aliphatic rings. The van der Waals surface area contributed by atoms with Gasteiger partial charge in [-0.15, -0.1) is 0 Å². The van der Waals surface area contributed by atoms with Gasteiger partial charge in [0.2, 0.25) is 5.88 Å². The molecule has 2 aromatic heterocycles. The summed E-state index contributed by atoms with van der Waals surface area (Å²) in [5.41, 5.74) is 3.42. The topological polar surface area (TPSA) is 110 Å². The number of carbonyl (C=O) groups is 1. The number of hydrogen-bond acceptors (Lipinski definition) is 6. The maximum absolute atomic E-state index is 14.0. The van der Waals surface area contributed by atoms with Crippen molar-refractivity contribution in [1.82, 2.24) is 14.5 Å². The van der Waals surface area contributed by atoms with Gasteiger partial charge in [-0.2, -0.15) is 4.98 Å². The maximum atomic E-state index is 14.0. The van der Waals surface area contributed by atoms with E-state index in [1.54, 1.807) is 42.0 Å². The summed E-state index contributed by atoms with van der Waals surface area (Å²) in [6.07, 6.45) is 6.97. The molecule has 9 heteroatoms. The van der Waals surface area contributed by atoms with Gasteiger partial charge in [0.1, 0.15) is 28.0 Å². The first-order chi connectivity index (χ1) is 18.6. The molecule has 3 aromatic rings. The predicted octanol–water partition coefficient (Wildman–Crippen LogP) is 4.12. The van der Waals surface area contributed by atoms with Gasteiger partial charge in [0.25, 0.3) is 0 Å². The summed E-state index contributed by atoms with van der Waals surface area (Å²) in [5.74, 6) is -0.846. The lowest BCUT2D eigenvalue weighted by Gasteiger charge is -2.17. The summed E-state index contributed by atoms with van der Waals surface area (Å²) >= 11 is 0. The van der Waals surface area contributed by atoms with E-state index >= 15 is 0 Å². The van der Waals surface area contributed by atoms with E-state index in [-0.39, 0.29) is 28.2 Å². The molecular formula is C30H29FN4O4. The molecular weight excluding hydrogens is 499 g/mol. The maximum Gasteiger partial charge on any atom is 0.331 e. The van der Waals surface area contributed by atoms with E-state index in [9.17, 15) is 19.4 Å². The second-order valence-corrected chi connectivity index (χ2v) is 8.98. The molecule has 0 spiro atoms. The third-order valence-corrected chi connectivity index (χ3v) is 6.13. The molecule has 2 heterocycles. The van der Waals surface area contributed by atoms with Gasteiger partial charge < -0.3 is 14.9 Å². The van der Waals surface area contributed by atoms with Gasteiger partial charge in [0.05, 0.1) is 5.52 Å². The fourth-order valence-corrected chi connectivity index (χ4v) is 4.34. The first-order valence-electron chi connectivity index (χ1n) is 12.4. The van der Waals surface area contributed by atoms with Crippen molar-refractivity contribution in [2.45, 2.75) is 33.6 Å². The Labute approximate surface area is 224 Å². The van der Waals surface area contributed by atoms with Gasteiger partial charge in [-0.3, -0.25) is 14.5 Å². The van der Waals surface area contributed by atoms with E-state index in [4.69, 9.17) is 9.72 Å². The van der Waals surface area contributed by atoms with Crippen molar-refractivity contribution in [1.29, 1.82) is 0 Å². The van der Waals surface area contributed by atoms with Crippen LogP contribution in [0, 0.1) is 5.82 Å². The highest BCUT2D eigenvalue weighted by atomic mass is 19.1. The zero-order valence-corrected chi connectivity index (χ0v) is 22.0. The lowest BCUT2D eigenvalue weighted by Crippen LogP contribution is -2.47. The summed E-state index contributed by atoms with van der Waals surface area (Å²) in [5, 5.41) is 20.9. The largest absolute Gasteiger partial charge is 0.512 e. The van der Waals surface area contributed by atoms with Crippen LogP contribution in [0.25, 0.3) is 27.9 Å². The number of carboxylic acid groups (broad SMARTS) is 1. The second kappa shape index (κ2) is 11.3. The number of halogens is 1. The van der Waals surface area contributed by atoms with E-state index < -0.39 is 5.97 Å². The van der Waals surface area contributed by atoms with Gasteiger partial charge in [0, 0.05) is 47.0 Å². The molecule has 0 radical (unpaired) electrons. The van der Waals surface area contributed by atoms with E-state index in [1.807, 2.05) is 6.92 Å². The van der Waals surface area contributed by atoms with E-state index in [0.717, 1.165) is 0 Å². The van der Waals surface area contributed by atoms with Gasteiger partial charge in [-0.25, -0.2) is 9.18 Å². The number of pyridine rings is 1. The highest BCUT2D eigenvalue weighted by molar-refractivity contribution is 5.87. The highest BCUT2D eigenvalue weighted by Gasteiger charge is 2.18. The lowest BCUT2D eigenvalue weighted by atomic mass is 10.0. The van der Waals surface area contributed by atoms with Crippen LogP contribution in [0.5, 0.6) is 5.88 Å². The summed E-state index contributed by atoms with van der Waals surface area (Å²) in [7, 11) is 0. The number of ether oxygens (including phenoxy) is 1. The van der Waals surface area contributed by atoms with Gasteiger partial charge >= 0.3 is 5.97 Å². The smallest absolute Gasteiger partial charge is 0.331 e. The lowest BCUT2D eigenvalue weighted by molar-refractivity contribution is -0.132. The van der Waals surface area contributed by atoms with Crippen LogP contribution in [0.1, 0.15) is 39.2 Å². The number of benzene rings is 1. The number of aliphatic hydroxyl groups is 1. The number of nitrogens with zero attached hydrogens (tertiary/aromatic N) is 4. The summed E-state index contributed by atoms with van der Waals surface area (Å²) in [6, 6.07) is 6.16. The van der Waals surface area contributed by atoms with Crippen LogP contribution >= 0.6 is 0 Å². The molecule has 8 nitrogen and oxygen atoms in total. The molecule has 0 aliphatic heterocycles. The van der Waals surface area contributed by atoms with Crippen molar-refractivity contribution in [3.63, 3.8) is 0 Å². The molecule has 0 bridgehead atoms. The Hall–Kier alpha value is -4.79. The van der Waals surface area contributed by atoms with Crippen LogP contribution in [0.15, 0.2) is 78.2 Å². The van der Waals surface area contributed by atoms with Crippen LogP contribution in [0.3, 0.4) is 0 Å². The number of aliphatic carboxylic acids is 1. The number of carboxylic acids is 1. The average Bonchev–Trinajstić information content (AvgIpc) is 2.89. The predicted molar refractivity (Wildman–Crippen MR) is 148 cm³/mol. The molecule has 1 aromatic carbocycles. The molecule has 0 amide bonds. The van der Waals surface area contributed by atoms with Gasteiger partial charge in [-0.1, -0.05) is 19.2 Å². The average molecular weight is 529 g/mol. The zero-order chi connectivity index (χ0) is 28.3. The summed E-state index contributed by atoms with van der Waals surface area (Å²) in [4.78, 5) is 25.2. The number of hydrogen-bond donors (Lipinski definition) is 2. The Kier molecular flexibility index (Phi) is 7.90. The van der Waals surface area contributed by atoms with Crippen molar-refractivity contribution in [3.05, 3.63) is 101 Å². The summed E-state index contributed by atoms with van der Waals surface area (Å²) < 4.78 is 21.8. The normalized spacial score (nSPS) is 15.3. The number of aromatic nitrogens is 3. The first kappa shape index (κ1) is 27.3. The Balaban J connectivity index is 2.10. The monoisotopic (exact) mass is 528 g/mol. The van der Waals surface area contributed by atoms with Crippen LogP contribution in [-0.4, -0.2) is 37.3 Å². The van der Waals surface area contributed by atoms with E-state index in [1.165, 1.54) is 25.1 Å². The SMILES string of the molecule is C=C/C(c1cnc2ccc(F)cc2c1)=c1/nc(OC2=CC=C(C(=O)O)CC2)/c(=C(\C)O)c(=NCC)n1C(=C)C. The van der Waals surface area contributed by atoms with Crippen molar-refractivity contribution < 1.29 is 24.1 Å². The molecule has 0 fully saturated rings. The second-order valence-electron chi connectivity index (χ2n) is 8.98. The standard InChI is InChI=1S/C30H29FN4O4/c1-6-24(21-14-20-15-22(31)10-13-25(20)33-16-21)27-34-29(39-23-11-8-19(9-12-23)30(37)38)26(18(5)36)28(32-7-2)35(27)17(3)4/h6,8,10-11,13-16,36H,1,3,7,9,12H2,2,4-5H3,(H,37,38)/b26-18+,27-24+,32-28?. The fraction of sp³-hybridized carbons (Fsp3) is 0.200. The number of allylic oxidation sites excluding steroid dienone is 5. The molecule has 4 rings (SSSR count). The third kappa shape index (κ3) is 5.57. The minimum absolute atomic E-state index is 0.0626. The molecule has 0 saturated carbocycles. The van der Waals surface area contributed by atoms with Crippen LogP contribution in [-0.2, 0) is 4.79 Å². The van der Waals surface area contributed by atoms with Crippen molar-refractivity contribution in [3.8, 4) is 5.88 Å². The van der Waals surface area contributed by atoms with Gasteiger partial charge in [0.15, 0.2) is 5.48 Å². The van der Waals surface area contributed by atoms with Crippen molar-refractivity contribution in [2.24, 2.45) is 4.99 Å². The quantitative estimate of drug-likeness (QED) is 0.478. The van der Waals surface area contributed by atoms with Crippen molar-refractivity contribution >= 4 is 33.9 Å². The fourth-order valence-electron chi connectivity index (χ4n) is 4.34. The number of aliphatic hydroxyl groups excluding tert-OH is 1. The Bertz CT molecular complexity index is 1780. The third-order valence-electron chi connectivity index (χ3n) is 6.13. The Morgan fingerprint density at radius 3 is 2.59 bits per heavy atom. The molecule has 200 valence electrons. The number of fused-ring (bicyclic) bond motifs is 1. The van der Waals surface area contributed by atoms with E-state index in [0.29, 0.717) is 63.8 Å². The van der Waals surface area contributed by atoms with Crippen LogP contribution in [0.2, 0.25) is 0 Å². The van der Waals surface area contributed by atoms with Crippen LogP contribution < -0.4 is 20.9 Å². The van der Waals surface area contributed by atoms with Gasteiger partial charge in [-0.05, 0) is 63.6 Å². The highest BCUT2D eigenvalue weighted by Crippen LogP contribution is 2.21. The summed E-state index contributed by atoms with van der Waals surface area (Å²) in [6.45, 7) is 13.7. The minimum Gasteiger partial charge on any atom is -0.512 e. The Morgan fingerprint density at radius 2 is 2.00 bits per heavy atom. The van der Waals surface area contributed by atoms with E-state index in [2.05, 4.69) is 23.1 Å². The first-order valence-corrected chi connectivity index (χ1v) is 12.4. The molecule has 2 N–H and O–H groups in total. The molecule has 39 heavy (non-hydrogen) atoms.